The van der Waals surface area contributed by atoms with E-state index in [0.717, 1.165) is 40.4 Å². The van der Waals surface area contributed by atoms with Crippen molar-refractivity contribution in [2.45, 2.75) is 32.8 Å². The molecular weight excluding hydrogens is 306 g/mol. The van der Waals surface area contributed by atoms with Crippen molar-refractivity contribution in [2.24, 2.45) is 0 Å². The number of hydrogen-bond acceptors (Lipinski definition) is 5. The number of ether oxygens (including phenoxy) is 1. The first-order valence-electron chi connectivity index (χ1n) is 8.24. The Labute approximate surface area is 141 Å². The zero-order valence-electron chi connectivity index (χ0n) is 14.3. The van der Waals surface area contributed by atoms with E-state index in [4.69, 9.17) is 9.26 Å². The molecule has 1 aliphatic rings. The van der Waals surface area contributed by atoms with Crippen LogP contribution in [0.4, 0.5) is 5.69 Å². The number of anilines is 1. The molecule has 1 aromatic heterocycles. The second-order valence-electron chi connectivity index (χ2n) is 6.28. The SMILES string of the molecule is CNCCOCc1noc(C(C)C)c1-c1ccc2c(c1)CC(=O)N2. The number of benzene rings is 1. The van der Waals surface area contributed by atoms with Crippen molar-refractivity contribution in [1.29, 1.82) is 0 Å². The molecule has 24 heavy (non-hydrogen) atoms. The molecule has 0 fully saturated rings. The van der Waals surface area contributed by atoms with Gasteiger partial charge in [-0.05, 0) is 30.3 Å². The second-order valence-corrected chi connectivity index (χ2v) is 6.28. The molecule has 0 bridgehead atoms. The van der Waals surface area contributed by atoms with E-state index in [-0.39, 0.29) is 11.8 Å². The van der Waals surface area contributed by atoms with E-state index in [1.807, 2.05) is 25.2 Å². The highest BCUT2D eigenvalue weighted by molar-refractivity contribution is 5.99. The maximum Gasteiger partial charge on any atom is 0.228 e. The molecule has 0 saturated heterocycles. The van der Waals surface area contributed by atoms with E-state index < -0.39 is 0 Å². The lowest BCUT2D eigenvalue weighted by molar-refractivity contribution is -0.115. The van der Waals surface area contributed by atoms with Crippen LogP contribution in [0.25, 0.3) is 11.1 Å². The summed E-state index contributed by atoms with van der Waals surface area (Å²) in [5.74, 6) is 1.10. The summed E-state index contributed by atoms with van der Waals surface area (Å²) in [5.41, 5.74) is 4.69. The molecule has 6 nitrogen and oxygen atoms in total. The first-order valence-corrected chi connectivity index (χ1v) is 8.24. The number of nitrogens with one attached hydrogen (secondary N) is 2. The quantitative estimate of drug-likeness (QED) is 0.764. The molecule has 6 heteroatoms. The molecule has 0 radical (unpaired) electrons. The van der Waals surface area contributed by atoms with Crippen molar-refractivity contribution in [3.05, 3.63) is 35.2 Å². The number of likely N-dealkylation sites (N-methyl/N-ethyl adjacent to an activating group) is 1. The Balaban J connectivity index is 1.92. The van der Waals surface area contributed by atoms with Crippen molar-refractivity contribution >= 4 is 11.6 Å². The fourth-order valence-corrected chi connectivity index (χ4v) is 2.87. The highest BCUT2D eigenvalue weighted by Gasteiger charge is 2.23. The minimum Gasteiger partial charge on any atom is -0.374 e. The van der Waals surface area contributed by atoms with Crippen molar-refractivity contribution in [1.82, 2.24) is 10.5 Å². The topological polar surface area (TPSA) is 76.4 Å². The van der Waals surface area contributed by atoms with Crippen LogP contribution in [0.3, 0.4) is 0 Å². The molecule has 0 atom stereocenters. The van der Waals surface area contributed by atoms with E-state index in [9.17, 15) is 4.79 Å². The number of amides is 1. The van der Waals surface area contributed by atoms with E-state index in [2.05, 4.69) is 29.6 Å². The molecule has 1 amide bonds. The Morgan fingerprint density at radius 1 is 1.42 bits per heavy atom. The Kier molecular flexibility index (Phi) is 4.97. The molecule has 0 unspecified atom stereocenters. The summed E-state index contributed by atoms with van der Waals surface area (Å²) >= 11 is 0. The number of rotatable bonds is 7. The predicted octanol–water partition coefficient (Wildman–Crippen LogP) is 2.70. The molecular formula is C18H23N3O3. The smallest absolute Gasteiger partial charge is 0.228 e. The third-order valence-electron chi connectivity index (χ3n) is 4.07. The van der Waals surface area contributed by atoms with Crippen molar-refractivity contribution < 1.29 is 14.1 Å². The third-order valence-corrected chi connectivity index (χ3v) is 4.07. The molecule has 2 N–H and O–H groups in total. The van der Waals surface area contributed by atoms with Crippen LogP contribution < -0.4 is 10.6 Å². The monoisotopic (exact) mass is 329 g/mol. The Bertz CT molecular complexity index is 737. The van der Waals surface area contributed by atoms with E-state index in [1.54, 1.807) is 0 Å². The van der Waals surface area contributed by atoms with Crippen LogP contribution in [0.1, 0.15) is 36.8 Å². The van der Waals surface area contributed by atoms with Gasteiger partial charge >= 0.3 is 0 Å². The van der Waals surface area contributed by atoms with Gasteiger partial charge in [0.25, 0.3) is 0 Å². The van der Waals surface area contributed by atoms with Crippen LogP contribution in [0, 0.1) is 0 Å². The molecule has 1 aliphatic heterocycles. The fraction of sp³-hybridized carbons (Fsp3) is 0.444. The normalized spacial score (nSPS) is 13.4. The third kappa shape index (κ3) is 3.34. The van der Waals surface area contributed by atoms with E-state index >= 15 is 0 Å². The summed E-state index contributed by atoms with van der Waals surface area (Å²) in [5, 5.41) is 10.1. The van der Waals surface area contributed by atoms with Gasteiger partial charge in [0.05, 0.1) is 25.2 Å². The van der Waals surface area contributed by atoms with Gasteiger partial charge in [0, 0.05) is 18.2 Å². The average Bonchev–Trinajstić information content (AvgIpc) is 3.13. The fourth-order valence-electron chi connectivity index (χ4n) is 2.87. The lowest BCUT2D eigenvalue weighted by atomic mass is 9.96. The molecule has 3 rings (SSSR count). The van der Waals surface area contributed by atoms with Gasteiger partial charge in [-0.2, -0.15) is 0 Å². The Morgan fingerprint density at radius 3 is 3.00 bits per heavy atom. The van der Waals surface area contributed by atoms with Crippen LogP contribution in [0.15, 0.2) is 22.7 Å². The van der Waals surface area contributed by atoms with Gasteiger partial charge in [0.1, 0.15) is 11.5 Å². The van der Waals surface area contributed by atoms with Crippen molar-refractivity contribution in [2.75, 3.05) is 25.5 Å². The van der Waals surface area contributed by atoms with E-state index in [1.165, 1.54) is 0 Å². The first-order chi connectivity index (χ1) is 11.6. The summed E-state index contributed by atoms with van der Waals surface area (Å²) in [7, 11) is 1.89. The molecule has 0 spiro atoms. The maximum atomic E-state index is 11.6. The van der Waals surface area contributed by atoms with Crippen molar-refractivity contribution in [3.8, 4) is 11.1 Å². The number of hydrogen-bond donors (Lipinski definition) is 2. The van der Waals surface area contributed by atoms with Gasteiger partial charge in [-0.1, -0.05) is 25.1 Å². The summed E-state index contributed by atoms with van der Waals surface area (Å²) in [6.45, 7) is 5.96. The largest absolute Gasteiger partial charge is 0.374 e. The zero-order valence-corrected chi connectivity index (χ0v) is 14.3. The second kappa shape index (κ2) is 7.15. The molecule has 128 valence electrons. The predicted molar refractivity (Wildman–Crippen MR) is 91.9 cm³/mol. The maximum absolute atomic E-state index is 11.6. The lowest BCUT2D eigenvalue weighted by Crippen LogP contribution is -2.14. The van der Waals surface area contributed by atoms with Crippen LogP contribution >= 0.6 is 0 Å². The van der Waals surface area contributed by atoms with Gasteiger partial charge in [0.15, 0.2) is 0 Å². The standard InChI is InChI=1S/C18H23N3O3/c1-11(2)18-17(15(21-24-18)10-23-7-6-19-3)12-4-5-14-13(8-12)9-16(22)20-14/h4-5,8,11,19H,6-7,9-10H2,1-3H3,(H,20,22). The van der Waals surface area contributed by atoms with Crippen molar-refractivity contribution in [3.63, 3.8) is 0 Å². The average molecular weight is 329 g/mol. The molecule has 0 aliphatic carbocycles. The molecule has 2 heterocycles. The van der Waals surface area contributed by atoms with Crippen LogP contribution in [0.5, 0.6) is 0 Å². The number of carbonyl (C=O) groups excluding carboxylic acids is 1. The lowest BCUT2D eigenvalue weighted by Gasteiger charge is -2.09. The minimum atomic E-state index is 0.0344. The Morgan fingerprint density at radius 2 is 2.25 bits per heavy atom. The first kappa shape index (κ1) is 16.7. The highest BCUT2D eigenvalue weighted by atomic mass is 16.5. The van der Waals surface area contributed by atoms with Crippen LogP contribution in [0.2, 0.25) is 0 Å². The van der Waals surface area contributed by atoms with Gasteiger partial charge in [-0.25, -0.2) is 0 Å². The van der Waals surface area contributed by atoms with Gasteiger partial charge in [-0.15, -0.1) is 0 Å². The molecule has 1 aromatic carbocycles. The number of carbonyl (C=O) groups is 1. The summed E-state index contributed by atoms with van der Waals surface area (Å²) in [6.07, 6.45) is 0.416. The van der Waals surface area contributed by atoms with Crippen LogP contribution in [-0.2, 0) is 22.6 Å². The summed E-state index contributed by atoms with van der Waals surface area (Å²) in [4.78, 5) is 11.6. The molecule has 2 aromatic rings. The van der Waals surface area contributed by atoms with E-state index in [0.29, 0.717) is 19.6 Å². The van der Waals surface area contributed by atoms with Gasteiger partial charge in [0.2, 0.25) is 5.91 Å². The Hall–Kier alpha value is -2.18. The number of fused-ring (bicyclic) bond motifs is 1. The van der Waals surface area contributed by atoms with Gasteiger partial charge in [-0.3, -0.25) is 4.79 Å². The highest BCUT2D eigenvalue weighted by Crippen LogP contribution is 2.36. The minimum absolute atomic E-state index is 0.0344. The summed E-state index contributed by atoms with van der Waals surface area (Å²) < 4.78 is 11.3. The number of nitrogens with zero attached hydrogens (tertiary/aromatic N) is 1. The number of aromatic nitrogens is 1. The van der Waals surface area contributed by atoms with Crippen LogP contribution in [-0.4, -0.2) is 31.3 Å². The zero-order chi connectivity index (χ0) is 17.1. The van der Waals surface area contributed by atoms with Gasteiger partial charge < -0.3 is 19.9 Å². The molecule has 0 saturated carbocycles. The summed E-state index contributed by atoms with van der Waals surface area (Å²) in [6, 6.07) is 5.99.